The molecule has 18 heavy (non-hydrogen) atoms. The fourth-order valence-electron chi connectivity index (χ4n) is 2.08. The van der Waals surface area contributed by atoms with E-state index in [4.69, 9.17) is 9.84 Å². The van der Waals surface area contributed by atoms with Crippen molar-refractivity contribution in [1.82, 2.24) is 10.2 Å². The summed E-state index contributed by atoms with van der Waals surface area (Å²) in [6.07, 6.45) is 2.71. The Labute approximate surface area is 109 Å². The van der Waals surface area contributed by atoms with Crippen LogP contribution < -0.4 is 5.32 Å². The number of amides is 1. The fourth-order valence-corrected chi connectivity index (χ4v) is 2.08. The van der Waals surface area contributed by atoms with E-state index in [0.29, 0.717) is 12.6 Å². The van der Waals surface area contributed by atoms with E-state index in [1.54, 1.807) is 4.90 Å². The molecule has 0 aliphatic carbocycles. The average molecular weight is 258 g/mol. The first kappa shape index (κ1) is 15.2. The lowest BCUT2D eigenvalue weighted by Crippen LogP contribution is -2.38. The van der Waals surface area contributed by atoms with Crippen molar-refractivity contribution >= 4 is 6.09 Å². The number of ether oxygens (including phenoxy) is 1. The van der Waals surface area contributed by atoms with Crippen molar-refractivity contribution in [3.63, 3.8) is 0 Å². The van der Waals surface area contributed by atoms with Crippen molar-refractivity contribution in [3.05, 3.63) is 0 Å². The van der Waals surface area contributed by atoms with Crippen molar-refractivity contribution in [2.24, 2.45) is 0 Å². The molecule has 0 aromatic heterocycles. The van der Waals surface area contributed by atoms with Gasteiger partial charge < -0.3 is 20.1 Å². The number of nitrogens with zero attached hydrogens (tertiary/aromatic N) is 1. The van der Waals surface area contributed by atoms with Gasteiger partial charge in [0.25, 0.3) is 0 Å². The topological polar surface area (TPSA) is 61.8 Å². The van der Waals surface area contributed by atoms with Crippen LogP contribution >= 0.6 is 0 Å². The predicted octanol–water partition coefficient (Wildman–Crippen LogP) is 1.36. The minimum absolute atomic E-state index is 0.159. The van der Waals surface area contributed by atoms with Gasteiger partial charge in [0.15, 0.2) is 0 Å². The lowest BCUT2D eigenvalue weighted by Gasteiger charge is -2.26. The average Bonchev–Trinajstić information content (AvgIpc) is 2.49. The van der Waals surface area contributed by atoms with Crippen LogP contribution in [0.15, 0.2) is 0 Å². The predicted molar refractivity (Wildman–Crippen MR) is 70.5 cm³/mol. The molecule has 1 atom stereocenters. The van der Waals surface area contributed by atoms with Gasteiger partial charge in [-0.25, -0.2) is 4.79 Å². The standard InChI is InChI=1S/C13H26N2O3/c1-13(2,3)18-12(17)15-8-4-5-11(6-9-15)14-7-10-16/h11,14,16H,4-10H2,1-3H3. The van der Waals surface area contributed by atoms with Crippen molar-refractivity contribution in [2.45, 2.75) is 51.7 Å². The van der Waals surface area contributed by atoms with E-state index in [1.807, 2.05) is 20.8 Å². The molecular weight excluding hydrogens is 232 g/mol. The highest BCUT2D eigenvalue weighted by Crippen LogP contribution is 2.15. The SMILES string of the molecule is CC(C)(C)OC(=O)N1CCCC(NCCO)CC1. The number of carbonyl (C=O) groups excluding carboxylic acids is 1. The van der Waals surface area contributed by atoms with Gasteiger partial charge in [-0.3, -0.25) is 0 Å². The maximum Gasteiger partial charge on any atom is 0.410 e. The molecule has 5 heteroatoms. The zero-order valence-electron chi connectivity index (χ0n) is 11.7. The Bertz CT molecular complexity index is 263. The third-order valence-electron chi connectivity index (χ3n) is 2.92. The van der Waals surface area contributed by atoms with Gasteiger partial charge in [0.05, 0.1) is 6.61 Å². The maximum absolute atomic E-state index is 11.9. The Morgan fingerprint density at radius 3 is 2.72 bits per heavy atom. The number of hydrogen-bond donors (Lipinski definition) is 2. The molecule has 5 nitrogen and oxygen atoms in total. The van der Waals surface area contributed by atoms with Gasteiger partial charge in [0.1, 0.15) is 5.60 Å². The molecule has 1 saturated heterocycles. The number of aliphatic hydroxyl groups excluding tert-OH is 1. The van der Waals surface area contributed by atoms with Gasteiger partial charge in [-0.1, -0.05) is 0 Å². The highest BCUT2D eigenvalue weighted by atomic mass is 16.6. The van der Waals surface area contributed by atoms with Gasteiger partial charge in [0.2, 0.25) is 0 Å². The molecule has 0 spiro atoms. The molecule has 1 heterocycles. The zero-order chi connectivity index (χ0) is 13.6. The summed E-state index contributed by atoms with van der Waals surface area (Å²) in [7, 11) is 0. The van der Waals surface area contributed by atoms with Gasteiger partial charge in [-0.15, -0.1) is 0 Å². The number of hydrogen-bond acceptors (Lipinski definition) is 4. The summed E-state index contributed by atoms with van der Waals surface area (Å²) < 4.78 is 5.38. The normalized spacial score (nSPS) is 21.6. The molecule has 0 radical (unpaired) electrons. The molecule has 0 bridgehead atoms. The summed E-state index contributed by atoms with van der Waals surface area (Å²) in [5, 5.41) is 12.1. The van der Waals surface area contributed by atoms with Crippen LogP contribution in [0.4, 0.5) is 4.79 Å². The highest BCUT2D eigenvalue weighted by Gasteiger charge is 2.24. The lowest BCUT2D eigenvalue weighted by molar-refractivity contribution is 0.0256. The van der Waals surface area contributed by atoms with E-state index in [2.05, 4.69) is 5.32 Å². The Hall–Kier alpha value is -0.810. The number of likely N-dealkylation sites (tertiary alicyclic amines) is 1. The smallest absolute Gasteiger partial charge is 0.410 e. The summed E-state index contributed by atoms with van der Waals surface area (Å²) in [5.41, 5.74) is -0.433. The molecule has 1 unspecified atom stereocenters. The molecular formula is C13H26N2O3. The number of carbonyl (C=O) groups is 1. The van der Waals surface area contributed by atoms with Gasteiger partial charge >= 0.3 is 6.09 Å². The molecule has 2 N–H and O–H groups in total. The Balaban J connectivity index is 2.39. The molecule has 1 amide bonds. The summed E-state index contributed by atoms with van der Waals surface area (Å²) in [6, 6.07) is 0.393. The largest absolute Gasteiger partial charge is 0.444 e. The number of aliphatic hydroxyl groups is 1. The lowest BCUT2D eigenvalue weighted by atomic mass is 10.1. The molecule has 1 rings (SSSR count). The van der Waals surface area contributed by atoms with Crippen LogP contribution in [0.3, 0.4) is 0 Å². The number of rotatable bonds is 3. The molecule has 1 fully saturated rings. The molecule has 0 aromatic carbocycles. The Kier molecular flexibility index (Phi) is 5.88. The summed E-state index contributed by atoms with van der Waals surface area (Å²) in [5.74, 6) is 0. The van der Waals surface area contributed by atoms with E-state index in [1.165, 1.54) is 0 Å². The van der Waals surface area contributed by atoms with E-state index in [0.717, 1.165) is 32.4 Å². The molecule has 106 valence electrons. The first-order chi connectivity index (χ1) is 8.42. The molecule has 1 aliphatic heterocycles. The van der Waals surface area contributed by atoms with Crippen molar-refractivity contribution in [1.29, 1.82) is 0 Å². The van der Waals surface area contributed by atoms with E-state index < -0.39 is 5.60 Å². The van der Waals surface area contributed by atoms with Crippen LogP contribution in [0.25, 0.3) is 0 Å². The third kappa shape index (κ3) is 5.69. The van der Waals surface area contributed by atoms with Crippen LogP contribution in [-0.2, 0) is 4.74 Å². The van der Waals surface area contributed by atoms with E-state index >= 15 is 0 Å². The quantitative estimate of drug-likeness (QED) is 0.802. The van der Waals surface area contributed by atoms with Crippen LogP contribution in [0, 0.1) is 0 Å². The third-order valence-corrected chi connectivity index (χ3v) is 2.92. The minimum Gasteiger partial charge on any atom is -0.444 e. The van der Waals surface area contributed by atoms with Crippen molar-refractivity contribution in [3.8, 4) is 0 Å². The fraction of sp³-hybridized carbons (Fsp3) is 0.923. The monoisotopic (exact) mass is 258 g/mol. The molecule has 1 aliphatic rings. The van der Waals surface area contributed by atoms with Crippen LogP contribution in [0.2, 0.25) is 0 Å². The van der Waals surface area contributed by atoms with Crippen LogP contribution in [0.5, 0.6) is 0 Å². The maximum atomic E-state index is 11.9. The second-order valence-electron chi connectivity index (χ2n) is 5.77. The Morgan fingerprint density at radius 1 is 1.39 bits per heavy atom. The van der Waals surface area contributed by atoms with Crippen molar-refractivity contribution in [2.75, 3.05) is 26.2 Å². The van der Waals surface area contributed by atoms with E-state index in [-0.39, 0.29) is 12.7 Å². The van der Waals surface area contributed by atoms with E-state index in [9.17, 15) is 4.79 Å². The van der Waals surface area contributed by atoms with Crippen molar-refractivity contribution < 1.29 is 14.6 Å². The Morgan fingerprint density at radius 2 is 2.11 bits per heavy atom. The van der Waals surface area contributed by atoms with Gasteiger partial charge in [0, 0.05) is 25.7 Å². The summed E-state index contributed by atoms with van der Waals surface area (Å²) >= 11 is 0. The summed E-state index contributed by atoms with van der Waals surface area (Å²) in [6.45, 7) is 7.91. The number of nitrogens with one attached hydrogen (secondary N) is 1. The minimum atomic E-state index is -0.433. The van der Waals surface area contributed by atoms with Gasteiger partial charge in [-0.05, 0) is 40.0 Å². The second kappa shape index (κ2) is 6.95. The first-order valence-electron chi connectivity index (χ1n) is 6.74. The molecule has 0 saturated carbocycles. The second-order valence-corrected chi connectivity index (χ2v) is 5.77. The highest BCUT2D eigenvalue weighted by molar-refractivity contribution is 5.68. The zero-order valence-corrected chi connectivity index (χ0v) is 11.7. The first-order valence-corrected chi connectivity index (χ1v) is 6.74. The van der Waals surface area contributed by atoms with Gasteiger partial charge in [-0.2, -0.15) is 0 Å². The summed E-state index contributed by atoms with van der Waals surface area (Å²) in [4.78, 5) is 13.7. The molecule has 0 aromatic rings. The van der Waals surface area contributed by atoms with Crippen LogP contribution in [0.1, 0.15) is 40.0 Å². The van der Waals surface area contributed by atoms with Crippen LogP contribution in [-0.4, -0.2) is 54.0 Å².